The van der Waals surface area contributed by atoms with Crippen molar-refractivity contribution < 1.29 is 9.18 Å². The number of nitrogens with zero attached hydrogens (tertiary/aromatic N) is 1. The van der Waals surface area contributed by atoms with Crippen molar-refractivity contribution in [2.45, 2.75) is 33.6 Å². The number of hydrogen-bond donors (Lipinski definition) is 2. The summed E-state index contributed by atoms with van der Waals surface area (Å²) in [5, 5.41) is 6.89. The Kier molecular flexibility index (Phi) is 6.84. The molecule has 4 aromatic rings. The molecule has 0 fully saturated rings. The number of hydrogen-bond acceptors (Lipinski definition) is 3. The Morgan fingerprint density at radius 2 is 1.48 bits per heavy atom. The highest BCUT2D eigenvalue weighted by molar-refractivity contribution is 7.15. The zero-order valence-corrected chi connectivity index (χ0v) is 19.7. The van der Waals surface area contributed by atoms with Gasteiger partial charge in [0.2, 0.25) is 0 Å². The molecule has 2 amide bonds. The standard InChI is InChI=1S/C27H26FN3OS/c1-4-18-7-6-8-19(5-2)24(18)31-27(32)30-23-15-11-21(12-16-23)26-25(29-17(3)33-26)20-9-13-22(28)14-10-20/h6-16H,4-5H2,1-3H3,(H2,30,31,32). The fraction of sp³-hybridized carbons (Fsp3) is 0.185. The summed E-state index contributed by atoms with van der Waals surface area (Å²) in [6, 6.07) is 19.9. The summed E-state index contributed by atoms with van der Waals surface area (Å²) in [5.74, 6) is -0.270. The van der Waals surface area contributed by atoms with Crippen LogP contribution >= 0.6 is 11.3 Å². The Hall–Kier alpha value is -3.51. The number of aromatic nitrogens is 1. The summed E-state index contributed by atoms with van der Waals surface area (Å²) in [4.78, 5) is 18.3. The molecule has 0 saturated carbocycles. The molecule has 2 N–H and O–H groups in total. The molecule has 168 valence electrons. The molecule has 0 aliphatic heterocycles. The lowest BCUT2D eigenvalue weighted by Crippen LogP contribution is -2.21. The largest absolute Gasteiger partial charge is 0.323 e. The number of carbonyl (C=O) groups excluding carboxylic acids is 1. The maximum atomic E-state index is 13.3. The third-order valence-corrected chi connectivity index (χ3v) is 6.51. The Morgan fingerprint density at radius 1 is 0.879 bits per heavy atom. The minimum atomic E-state index is -0.270. The van der Waals surface area contributed by atoms with Crippen molar-refractivity contribution in [1.29, 1.82) is 0 Å². The van der Waals surface area contributed by atoms with E-state index in [-0.39, 0.29) is 11.8 Å². The van der Waals surface area contributed by atoms with Crippen LogP contribution in [0.15, 0.2) is 66.7 Å². The molecule has 33 heavy (non-hydrogen) atoms. The van der Waals surface area contributed by atoms with Crippen molar-refractivity contribution >= 4 is 28.7 Å². The number of thiazole rings is 1. The smallest absolute Gasteiger partial charge is 0.308 e. The van der Waals surface area contributed by atoms with Gasteiger partial charge in [-0.2, -0.15) is 0 Å². The Bertz CT molecular complexity index is 1240. The van der Waals surface area contributed by atoms with Crippen LogP contribution in [0, 0.1) is 12.7 Å². The average molecular weight is 460 g/mol. The van der Waals surface area contributed by atoms with Crippen LogP contribution in [0.25, 0.3) is 21.7 Å². The first-order chi connectivity index (χ1) is 16.0. The van der Waals surface area contributed by atoms with Crippen LogP contribution in [0.2, 0.25) is 0 Å². The van der Waals surface area contributed by atoms with Gasteiger partial charge in [0.1, 0.15) is 5.82 Å². The second-order valence-electron chi connectivity index (χ2n) is 7.73. The fourth-order valence-corrected chi connectivity index (χ4v) is 4.76. The number of para-hydroxylation sites is 1. The first-order valence-corrected chi connectivity index (χ1v) is 11.8. The number of anilines is 2. The van der Waals surface area contributed by atoms with Gasteiger partial charge in [-0.25, -0.2) is 14.2 Å². The van der Waals surface area contributed by atoms with Crippen molar-refractivity contribution in [3.8, 4) is 21.7 Å². The monoisotopic (exact) mass is 459 g/mol. The van der Waals surface area contributed by atoms with Gasteiger partial charge in [-0.05, 0) is 72.9 Å². The van der Waals surface area contributed by atoms with Crippen molar-refractivity contribution in [2.24, 2.45) is 0 Å². The van der Waals surface area contributed by atoms with Crippen molar-refractivity contribution in [1.82, 2.24) is 4.98 Å². The lowest BCUT2D eigenvalue weighted by atomic mass is 10.0. The van der Waals surface area contributed by atoms with E-state index in [1.54, 1.807) is 23.5 Å². The summed E-state index contributed by atoms with van der Waals surface area (Å²) < 4.78 is 13.3. The molecular weight excluding hydrogens is 433 g/mol. The van der Waals surface area contributed by atoms with Gasteiger partial charge in [-0.3, -0.25) is 0 Å². The van der Waals surface area contributed by atoms with E-state index in [2.05, 4.69) is 29.5 Å². The van der Waals surface area contributed by atoms with Crippen LogP contribution in [0.1, 0.15) is 30.0 Å². The molecule has 0 aliphatic rings. The zero-order chi connectivity index (χ0) is 23.4. The van der Waals surface area contributed by atoms with E-state index in [0.717, 1.165) is 56.4 Å². The molecule has 0 bridgehead atoms. The predicted molar refractivity (Wildman–Crippen MR) is 136 cm³/mol. The van der Waals surface area contributed by atoms with Crippen molar-refractivity contribution in [3.63, 3.8) is 0 Å². The highest BCUT2D eigenvalue weighted by atomic mass is 32.1. The second kappa shape index (κ2) is 9.96. The summed E-state index contributed by atoms with van der Waals surface area (Å²) >= 11 is 1.59. The van der Waals surface area contributed by atoms with E-state index in [1.165, 1.54) is 12.1 Å². The lowest BCUT2D eigenvalue weighted by molar-refractivity contribution is 0.262. The van der Waals surface area contributed by atoms with Crippen LogP contribution in [0.5, 0.6) is 0 Å². The van der Waals surface area contributed by atoms with E-state index < -0.39 is 0 Å². The van der Waals surface area contributed by atoms with Gasteiger partial charge < -0.3 is 10.6 Å². The topological polar surface area (TPSA) is 54.0 Å². The highest BCUT2D eigenvalue weighted by Gasteiger charge is 2.14. The van der Waals surface area contributed by atoms with Crippen LogP contribution in [-0.4, -0.2) is 11.0 Å². The second-order valence-corrected chi connectivity index (χ2v) is 8.94. The molecule has 0 spiro atoms. The maximum Gasteiger partial charge on any atom is 0.323 e. The number of benzene rings is 3. The summed E-state index contributed by atoms with van der Waals surface area (Å²) in [7, 11) is 0. The Morgan fingerprint density at radius 3 is 2.09 bits per heavy atom. The molecule has 6 heteroatoms. The van der Waals surface area contributed by atoms with Gasteiger partial charge >= 0.3 is 6.03 Å². The maximum absolute atomic E-state index is 13.3. The van der Waals surface area contributed by atoms with E-state index in [0.29, 0.717) is 5.69 Å². The first kappa shape index (κ1) is 22.7. The normalized spacial score (nSPS) is 10.8. The molecule has 1 heterocycles. The fourth-order valence-electron chi connectivity index (χ4n) is 3.81. The summed E-state index contributed by atoms with van der Waals surface area (Å²) in [5.41, 5.74) is 6.53. The van der Waals surface area contributed by atoms with Crippen LogP contribution < -0.4 is 10.6 Å². The number of nitrogens with one attached hydrogen (secondary N) is 2. The molecule has 0 atom stereocenters. The number of amides is 2. The first-order valence-electron chi connectivity index (χ1n) is 11.0. The van der Waals surface area contributed by atoms with Gasteiger partial charge in [0.05, 0.1) is 15.6 Å². The van der Waals surface area contributed by atoms with E-state index in [4.69, 9.17) is 0 Å². The Balaban J connectivity index is 1.52. The molecule has 1 aromatic heterocycles. The number of halogens is 1. The number of carbonyl (C=O) groups is 1. The number of rotatable bonds is 6. The molecule has 4 nitrogen and oxygen atoms in total. The minimum Gasteiger partial charge on any atom is -0.308 e. The molecule has 0 unspecified atom stereocenters. The minimum absolute atomic E-state index is 0.265. The highest BCUT2D eigenvalue weighted by Crippen LogP contribution is 2.37. The number of urea groups is 1. The lowest BCUT2D eigenvalue weighted by Gasteiger charge is -2.15. The third-order valence-electron chi connectivity index (χ3n) is 5.49. The van der Waals surface area contributed by atoms with Gasteiger partial charge in [0.25, 0.3) is 0 Å². The van der Waals surface area contributed by atoms with Gasteiger partial charge in [-0.1, -0.05) is 44.2 Å². The van der Waals surface area contributed by atoms with Crippen LogP contribution in [-0.2, 0) is 12.8 Å². The molecule has 3 aromatic carbocycles. The molecule has 0 radical (unpaired) electrons. The quantitative estimate of drug-likeness (QED) is 0.310. The van der Waals surface area contributed by atoms with Gasteiger partial charge in [0.15, 0.2) is 0 Å². The zero-order valence-electron chi connectivity index (χ0n) is 18.9. The average Bonchev–Trinajstić information content (AvgIpc) is 3.21. The van der Waals surface area contributed by atoms with E-state index in [1.807, 2.05) is 49.4 Å². The van der Waals surface area contributed by atoms with Crippen LogP contribution in [0.4, 0.5) is 20.6 Å². The summed E-state index contributed by atoms with van der Waals surface area (Å²) in [6.07, 6.45) is 1.70. The molecule has 0 saturated heterocycles. The number of aryl methyl sites for hydroxylation is 3. The van der Waals surface area contributed by atoms with Crippen molar-refractivity contribution in [3.05, 3.63) is 88.7 Å². The van der Waals surface area contributed by atoms with Gasteiger partial charge in [-0.15, -0.1) is 11.3 Å². The van der Waals surface area contributed by atoms with E-state index in [9.17, 15) is 9.18 Å². The molecule has 4 rings (SSSR count). The molecular formula is C27H26FN3OS. The third kappa shape index (κ3) is 5.12. The van der Waals surface area contributed by atoms with Crippen molar-refractivity contribution in [2.75, 3.05) is 10.6 Å². The Labute approximate surface area is 197 Å². The predicted octanol–water partition coefficient (Wildman–Crippen LogP) is 7.69. The molecule has 0 aliphatic carbocycles. The van der Waals surface area contributed by atoms with E-state index >= 15 is 0 Å². The summed E-state index contributed by atoms with van der Waals surface area (Å²) in [6.45, 7) is 6.12. The van der Waals surface area contributed by atoms with Gasteiger partial charge in [0, 0.05) is 16.9 Å². The van der Waals surface area contributed by atoms with Crippen LogP contribution in [0.3, 0.4) is 0 Å². The SMILES string of the molecule is CCc1cccc(CC)c1NC(=O)Nc1ccc(-c2sc(C)nc2-c2ccc(F)cc2)cc1.